The van der Waals surface area contributed by atoms with E-state index in [2.05, 4.69) is 26.0 Å². The predicted molar refractivity (Wildman–Crippen MR) is 136 cm³/mol. The molecule has 176 valence electrons. The molecule has 1 N–H and O–H groups in total. The average molecular weight is 545 g/mol. The lowest BCUT2D eigenvalue weighted by Crippen LogP contribution is -2.35. The molecule has 0 unspecified atom stereocenters. The van der Waals surface area contributed by atoms with Crippen molar-refractivity contribution in [3.05, 3.63) is 63.4 Å². The van der Waals surface area contributed by atoms with Gasteiger partial charge in [-0.2, -0.15) is 15.1 Å². The highest BCUT2D eigenvalue weighted by Gasteiger charge is 2.36. The van der Waals surface area contributed by atoms with Crippen LogP contribution >= 0.6 is 27.7 Å². The number of carbonyl (C=O) groups is 1. The van der Waals surface area contributed by atoms with E-state index in [4.69, 9.17) is 14.9 Å². The SMILES string of the molecule is CCOc1cc(C=C2C(=N)N3N=C(C(C)C)SC3=NC2=O)cc(Br)c1OCc1ccccc1F. The van der Waals surface area contributed by atoms with Crippen LogP contribution in [0.25, 0.3) is 6.08 Å². The molecule has 0 saturated heterocycles. The number of hydrazone groups is 1. The summed E-state index contributed by atoms with van der Waals surface area (Å²) in [7, 11) is 0. The first kappa shape index (κ1) is 24.2. The highest BCUT2D eigenvalue weighted by molar-refractivity contribution is 9.10. The third-order valence-electron chi connectivity index (χ3n) is 4.94. The molecule has 2 aromatic rings. The van der Waals surface area contributed by atoms with Gasteiger partial charge in [-0.1, -0.05) is 32.0 Å². The van der Waals surface area contributed by atoms with Crippen LogP contribution in [0.5, 0.6) is 11.5 Å². The molecule has 2 aromatic carbocycles. The first-order valence-corrected chi connectivity index (χ1v) is 12.2. The zero-order chi connectivity index (χ0) is 24.4. The minimum absolute atomic E-state index is 0.0230. The van der Waals surface area contributed by atoms with E-state index < -0.39 is 5.91 Å². The normalized spacial score (nSPS) is 16.6. The maximum Gasteiger partial charge on any atom is 0.283 e. The molecular weight excluding hydrogens is 523 g/mol. The van der Waals surface area contributed by atoms with Gasteiger partial charge in [0, 0.05) is 11.5 Å². The largest absolute Gasteiger partial charge is 0.490 e. The number of thioether (sulfide) groups is 1. The lowest BCUT2D eigenvalue weighted by atomic mass is 10.1. The lowest BCUT2D eigenvalue weighted by Gasteiger charge is -2.20. The third-order valence-corrected chi connectivity index (χ3v) is 6.73. The summed E-state index contributed by atoms with van der Waals surface area (Å²) in [6.07, 6.45) is 1.58. The first-order valence-electron chi connectivity index (χ1n) is 10.6. The van der Waals surface area contributed by atoms with Gasteiger partial charge in [0.15, 0.2) is 17.3 Å². The molecule has 7 nitrogen and oxygen atoms in total. The second-order valence-electron chi connectivity index (χ2n) is 7.76. The van der Waals surface area contributed by atoms with E-state index in [1.165, 1.54) is 22.8 Å². The Hall–Kier alpha value is -2.98. The molecule has 0 saturated carbocycles. The number of halogens is 2. The van der Waals surface area contributed by atoms with E-state index in [9.17, 15) is 9.18 Å². The van der Waals surface area contributed by atoms with E-state index in [1.807, 2.05) is 20.8 Å². The van der Waals surface area contributed by atoms with Crippen LogP contribution in [0.4, 0.5) is 4.39 Å². The summed E-state index contributed by atoms with van der Waals surface area (Å²) in [4.78, 5) is 16.8. The van der Waals surface area contributed by atoms with E-state index in [1.54, 1.807) is 36.4 Å². The van der Waals surface area contributed by atoms with Gasteiger partial charge in [-0.25, -0.2) is 4.39 Å². The fourth-order valence-electron chi connectivity index (χ4n) is 3.25. The van der Waals surface area contributed by atoms with E-state index in [-0.39, 0.29) is 29.8 Å². The summed E-state index contributed by atoms with van der Waals surface area (Å²) >= 11 is 4.80. The molecule has 10 heteroatoms. The van der Waals surface area contributed by atoms with Crippen molar-refractivity contribution in [1.29, 1.82) is 5.41 Å². The Morgan fingerprint density at radius 3 is 2.74 bits per heavy atom. The molecule has 0 aromatic heterocycles. The summed E-state index contributed by atoms with van der Waals surface area (Å²) < 4.78 is 26.2. The summed E-state index contributed by atoms with van der Waals surface area (Å²) in [6, 6.07) is 9.85. The molecule has 2 heterocycles. The van der Waals surface area contributed by atoms with Gasteiger partial charge < -0.3 is 9.47 Å². The molecule has 1 amide bonds. The maximum absolute atomic E-state index is 14.0. The van der Waals surface area contributed by atoms with Gasteiger partial charge in [-0.05, 0) is 64.5 Å². The van der Waals surface area contributed by atoms with Gasteiger partial charge in [-0.15, -0.1) is 0 Å². The fraction of sp³-hybridized carbons (Fsp3) is 0.250. The molecule has 4 rings (SSSR count). The number of hydrogen-bond donors (Lipinski definition) is 1. The number of nitrogens with zero attached hydrogens (tertiary/aromatic N) is 3. The van der Waals surface area contributed by atoms with Crippen molar-refractivity contribution in [3.8, 4) is 11.5 Å². The number of fused-ring (bicyclic) bond motifs is 1. The van der Waals surface area contributed by atoms with Crippen LogP contribution < -0.4 is 9.47 Å². The molecule has 34 heavy (non-hydrogen) atoms. The van der Waals surface area contributed by atoms with E-state index >= 15 is 0 Å². The molecule has 0 bridgehead atoms. The highest BCUT2D eigenvalue weighted by atomic mass is 79.9. The summed E-state index contributed by atoms with van der Waals surface area (Å²) in [5, 5.41) is 15.5. The van der Waals surface area contributed by atoms with Gasteiger partial charge in [0.25, 0.3) is 5.91 Å². The van der Waals surface area contributed by atoms with Crippen LogP contribution in [0.2, 0.25) is 0 Å². The van der Waals surface area contributed by atoms with Crippen LogP contribution in [0.3, 0.4) is 0 Å². The Morgan fingerprint density at radius 2 is 2.03 bits per heavy atom. The third kappa shape index (κ3) is 4.92. The van der Waals surface area contributed by atoms with Crippen molar-refractivity contribution < 1.29 is 18.7 Å². The van der Waals surface area contributed by atoms with Crippen molar-refractivity contribution in [2.75, 3.05) is 6.61 Å². The van der Waals surface area contributed by atoms with Crippen molar-refractivity contribution >= 4 is 55.7 Å². The Labute approximate surface area is 209 Å². The van der Waals surface area contributed by atoms with E-state index in [0.29, 0.717) is 38.9 Å². The number of nitrogens with one attached hydrogen (secondary N) is 1. The highest BCUT2D eigenvalue weighted by Crippen LogP contribution is 2.39. The molecule has 0 fully saturated rings. The maximum atomic E-state index is 14.0. The number of amidine groups is 2. The zero-order valence-corrected chi connectivity index (χ0v) is 21.2. The van der Waals surface area contributed by atoms with Crippen LogP contribution in [0, 0.1) is 17.1 Å². The summed E-state index contributed by atoms with van der Waals surface area (Å²) in [6.45, 7) is 6.23. The van der Waals surface area contributed by atoms with Crippen LogP contribution in [-0.4, -0.2) is 33.6 Å². The molecule has 2 aliphatic heterocycles. The number of amides is 1. The Morgan fingerprint density at radius 1 is 1.26 bits per heavy atom. The summed E-state index contributed by atoms with van der Waals surface area (Å²) in [5.41, 5.74) is 1.15. The van der Waals surface area contributed by atoms with Gasteiger partial charge in [0.2, 0.25) is 5.17 Å². The van der Waals surface area contributed by atoms with Crippen molar-refractivity contribution in [3.63, 3.8) is 0 Å². The minimum Gasteiger partial charge on any atom is -0.490 e. The Kier molecular flexibility index (Phi) is 7.18. The number of ether oxygens (including phenoxy) is 2. The number of carbonyl (C=O) groups excluding carboxylic acids is 1. The number of benzene rings is 2. The number of aliphatic imine (C=N–C) groups is 1. The van der Waals surface area contributed by atoms with Crippen LogP contribution in [0.15, 0.2) is 56.5 Å². The van der Waals surface area contributed by atoms with Gasteiger partial charge >= 0.3 is 0 Å². The quantitative estimate of drug-likeness (QED) is 0.442. The first-order chi connectivity index (χ1) is 16.3. The van der Waals surface area contributed by atoms with Gasteiger partial charge in [0.05, 0.1) is 16.7 Å². The second kappa shape index (κ2) is 10.1. The molecule has 0 aliphatic carbocycles. The number of rotatable bonds is 7. The topological polar surface area (TPSA) is 87.3 Å². The monoisotopic (exact) mass is 544 g/mol. The molecule has 0 radical (unpaired) electrons. The van der Waals surface area contributed by atoms with Gasteiger partial charge in [0.1, 0.15) is 17.5 Å². The fourth-order valence-corrected chi connectivity index (χ4v) is 4.71. The molecule has 0 spiro atoms. The Balaban J connectivity index is 1.64. The van der Waals surface area contributed by atoms with Crippen molar-refractivity contribution in [2.45, 2.75) is 27.4 Å². The van der Waals surface area contributed by atoms with E-state index in [0.717, 1.165) is 5.04 Å². The number of hydrogen-bond acceptors (Lipinski definition) is 6. The van der Waals surface area contributed by atoms with Crippen molar-refractivity contribution in [2.24, 2.45) is 16.0 Å². The van der Waals surface area contributed by atoms with Crippen molar-refractivity contribution in [1.82, 2.24) is 5.01 Å². The molecule has 0 atom stereocenters. The standard InChI is InChI=1S/C24H22BrFN4O3S/c1-4-32-19-11-14(10-17(25)20(19)33-12-15-7-5-6-8-18(15)26)9-16-21(27)30-24(28-22(16)31)34-23(29-30)13(2)3/h5-11,13,27H,4,12H2,1-3H3. The Bertz CT molecular complexity index is 1260. The lowest BCUT2D eigenvalue weighted by molar-refractivity contribution is -0.114. The molecule has 2 aliphatic rings. The average Bonchev–Trinajstić information content (AvgIpc) is 3.22. The van der Waals surface area contributed by atoms with Crippen LogP contribution in [0.1, 0.15) is 31.9 Å². The molecular formula is C24H22BrFN4O3S. The van der Waals surface area contributed by atoms with Gasteiger partial charge in [-0.3, -0.25) is 10.2 Å². The van der Waals surface area contributed by atoms with Crippen LogP contribution in [-0.2, 0) is 11.4 Å². The minimum atomic E-state index is -0.502. The summed E-state index contributed by atoms with van der Waals surface area (Å²) in [5.74, 6) is 0.117. The second-order valence-corrected chi connectivity index (χ2v) is 9.60. The zero-order valence-electron chi connectivity index (χ0n) is 18.8. The predicted octanol–water partition coefficient (Wildman–Crippen LogP) is 5.84. The smallest absolute Gasteiger partial charge is 0.283 e.